The molecule has 6 heteroatoms. The van der Waals surface area contributed by atoms with E-state index in [-0.39, 0.29) is 0 Å². The largest absolute Gasteiger partial charge is 0.381 e. The maximum Gasteiger partial charge on any atom is 0.179 e. The highest BCUT2D eigenvalue weighted by atomic mass is 79.9. The van der Waals surface area contributed by atoms with E-state index < -0.39 is 0 Å². The van der Waals surface area contributed by atoms with Crippen molar-refractivity contribution in [1.29, 1.82) is 0 Å². The van der Waals surface area contributed by atoms with Crippen LogP contribution in [0.3, 0.4) is 0 Å². The van der Waals surface area contributed by atoms with E-state index in [9.17, 15) is 0 Å². The molecular formula is C10H11BrN4O. The second-order valence-electron chi connectivity index (χ2n) is 3.88. The number of rotatable bonds is 1. The van der Waals surface area contributed by atoms with Crippen LogP contribution >= 0.6 is 15.9 Å². The maximum atomic E-state index is 5.35. The molecule has 0 aromatic carbocycles. The number of halogens is 1. The number of ether oxygens (including phenoxy) is 1. The zero-order valence-electron chi connectivity index (χ0n) is 8.64. The van der Waals surface area contributed by atoms with Crippen LogP contribution < -0.4 is 0 Å². The lowest BCUT2D eigenvalue weighted by Gasteiger charge is -2.20. The summed E-state index contributed by atoms with van der Waals surface area (Å²) in [4.78, 5) is 4.13. The molecule has 0 aliphatic carbocycles. The van der Waals surface area contributed by atoms with Crippen molar-refractivity contribution in [2.75, 3.05) is 13.2 Å². The molecule has 3 rings (SSSR count). The number of hydrogen-bond donors (Lipinski definition) is 0. The average Bonchev–Trinajstić information content (AvgIpc) is 2.73. The van der Waals surface area contributed by atoms with Crippen LogP contribution in [-0.2, 0) is 4.74 Å². The van der Waals surface area contributed by atoms with Crippen LogP contribution in [0.5, 0.6) is 0 Å². The molecule has 1 fully saturated rings. The molecule has 3 heterocycles. The van der Waals surface area contributed by atoms with Gasteiger partial charge in [0.05, 0.1) is 6.20 Å². The normalized spacial score (nSPS) is 18.1. The molecular weight excluding hydrogens is 272 g/mol. The second kappa shape index (κ2) is 4.10. The molecule has 1 saturated heterocycles. The zero-order valence-corrected chi connectivity index (χ0v) is 10.2. The Balaban J connectivity index is 2.05. The zero-order chi connectivity index (χ0) is 11.0. The molecule has 0 bridgehead atoms. The van der Waals surface area contributed by atoms with Crippen molar-refractivity contribution in [3.05, 3.63) is 22.8 Å². The SMILES string of the molecule is Brc1cn2c(C3CCOCC3)nnc2cn1. The topological polar surface area (TPSA) is 52.3 Å². The average molecular weight is 283 g/mol. The molecule has 2 aromatic heterocycles. The van der Waals surface area contributed by atoms with Gasteiger partial charge < -0.3 is 4.74 Å². The number of fused-ring (bicyclic) bond motifs is 1. The molecule has 0 N–H and O–H groups in total. The number of aromatic nitrogens is 4. The fourth-order valence-corrected chi connectivity index (χ4v) is 2.34. The lowest BCUT2D eigenvalue weighted by molar-refractivity contribution is 0.0834. The maximum absolute atomic E-state index is 5.35. The first-order chi connectivity index (χ1) is 7.84. The Morgan fingerprint density at radius 1 is 1.31 bits per heavy atom. The van der Waals surface area contributed by atoms with Crippen molar-refractivity contribution in [1.82, 2.24) is 19.6 Å². The summed E-state index contributed by atoms with van der Waals surface area (Å²) in [6.45, 7) is 1.62. The van der Waals surface area contributed by atoms with E-state index in [1.54, 1.807) is 6.20 Å². The molecule has 0 atom stereocenters. The molecule has 0 unspecified atom stereocenters. The Morgan fingerprint density at radius 2 is 2.12 bits per heavy atom. The van der Waals surface area contributed by atoms with E-state index in [0.717, 1.165) is 42.1 Å². The highest BCUT2D eigenvalue weighted by Gasteiger charge is 2.21. The molecule has 0 amide bonds. The molecule has 1 aliphatic rings. The van der Waals surface area contributed by atoms with E-state index in [2.05, 4.69) is 31.1 Å². The van der Waals surface area contributed by atoms with Crippen molar-refractivity contribution in [2.45, 2.75) is 18.8 Å². The molecule has 0 saturated carbocycles. The van der Waals surface area contributed by atoms with Crippen LogP contribution in [0, 0.1) is 0 Å². The number of hydrogen-bond acceptors (Lipinski definition) is 4. The minimum Gasteiger partial charge on any atom is -0.381 e. The van der Waals surface area contributed by atoms with Gasteiger partial charge in [0.2, 0.25) is 0 Å². The standard InChI is InChI=1S/C10H11BrN4O/c11-8-6-15-9(5-12-8)13-14-10(15)7-1-3-16-4-2-7/h5-7H,1-4H2. The van der Waals surface area contributed by atoms with Crippen LogP contribution in [-0.4, -0.2) is 32.8 Å². The van der Waals surface area contributed by atoms with Crippen molar-refractivity contribution in [3.63, 3.8) is 0 Å². The van der Waals surface area contributed by atoms with Gasteiger partial charge in [0, 0.05) is 25.3 Å². The summed E-state index contributed by atoms with van der Waals surface area (Å²) in [7, 11) is 0. The van der Waals surface area contributed by atoms with Gasteiger partial charge in [0.25, 0.3) is 0 Å². The monoisotopic (exact) mass is 282 g/mol. The Hall–Kier alpha value is -1.01. The van der Waals surface area contributed by atoms with Crippen LogP contribution in [0.25, 0.3) is 5.65 Å². The summed E-state index contributed by atoms with van der Waals surface area (Å²) in [6, 6.07) is 0. The molecule has 84 valence electrons. The van der Waals surface area contributed by atoms with Gasteiger partial charge in [-0.1, -0.05) is 0 Å². The fourth-order valence-electron chi connectivity index (χ4n) is 2.03. The van der Waals surface area contributed by atoms with Gasteiger partial charge in [0.1, 0.15) is 10.4 Å². The first-order valence-corrected chi connectivity index (χ1v) is 6.08. The summed E-state index contributed by atoms with van der Waals surface area (Å²) in [5.41, 5.74) is 0.796. The third kappa shape index (κ3) is 1.72. The summed E-state index contributed by atoms with van der Waals surface area (Å²) >= 11 is 3.36. The van der Waals surface area contributed by atoms with Crippen LogP contribution in [0.1, 0.15) is 24.6 Å². The van der Waals surface area contributed by atoms with Gasteiger partial charge >= 0.3 is 0 Å². The van der Waals surface area contributed by atoms with Crippen molar-refractivity contribution < 1.29 is 4.74 Å². The Bertz CT molecular complexity index is 506. The van der Waals surface area contributed by atoms with Gasteiger partial charge in [-0.25, -0.2) is 4.98 Å². The van der Waals surface area contributed by atoms with E-state index in [0.29, 0.717) is 5.92 Å². The predicted octanol–water partition coefficient (Wildman–Crippen LogP) is 1.78. The fraction of sp³-hybridized carbons (Fsp3) is 0.500. The third-order valence-corrected chi connectivity index (χ3v) is 3.28. The van der Waals surface area contributed by atoms with Crippen molar-refractivity contribution >= 4 is 21.6 Å². The van der Waals surface area contributed by atoms with Crippen molar-refractivity contribution in [3.8, 4) is 0 Å². The predicted molar refractivity (Wildman–Crippen MR) is 61.3 cm³/mol. The lowest BCUT2D eigenvalue weighted by Crippen LogP contribution is -2.16. The van der Waals surface area contributed by atoms with E-state index in [1.165, 1.54) is 0 Å². The number of nitrogens with zero attached hydrogens (tertiary/aromatic N) is 4. The summed E-state index contributed by atoms with van der Waals surface area (Å²) < 4.78 is 8.16. The first-order valence-electron chi connectivity index (χ1n) is 5.28. The molecule has 1 aliphatic heterocycles. The van der Waals surface area contributed by atoms with E-state index in [1.807, 2.05) is 10.6 Å². The molecule has 5 nitrogen and oxygen atoms in total. The minimum absolute atomic E-state index is 0.443. The van der Waals surface area contributed by atoms with Crippen LogP contribution in [0.2, 0.25) is 0 Å². The molecule has 0 spiro atoms. The van der Waals surface area contributed by atoms with Gasteiger partial charge in [-0.15, -0.1) is 10.2 Å². The van der Waals surface area contributed by atoms with Crippen LogP contribution in [0.15, 0.2) is 17.0 Å². The smallest absolute Gasteiger partial charge is 0.179 e. The Kier molecular flexibility index (Phi) is 2.61. The van der Waals surface area contributed by atoms with Gasteiger partial charge in [-0.2, -0.15) is 0 Å². The van der Waals surface area contributed by atoms with E-state index >= 15 is 0 Å². The highest BCUT2D eigenvalue weighted by Crippen LogP contribution is 2.25. The van der Waals surface area contributed by atoms with Gasteiger partial charge in [-0.05, 0) is 28.8 Å². The summed E-state index contributed by atoms with van der Waals surface area (Å²) in [5, 5.41) is 8.38. The minimum atomic E-state index is 0.443. The Morgan fingerprint density at radius 3 is 2.94 bits per heavy atom. The van der Waals surface area contributed by atoms with Gasteiger partial charge in [0.15, 0.2) is 5.65 Å². The summed E-state index contributed by atoms with van der Waals surface area (Å²) in [6.07, 6.45) is 5.67. The third-order valence-electron chi connectivity index (χ3n) is 2.87. The van der Waals surface area contributed by atoms with Gasteiger partial charge in [-0.3, -0.25) is 4.40 Å². The first kappa shape index (κ1) is 10.2. The summed E-state index contributed by atoms with van der Waals surface area (Å²) in [5.74, 6) is 1.46. The molecule has 0 radical (unpaired) electrons. The molecule has 16 heavy (non-hydrogen) atoms. The quantitative estimate of drug-likeness (QED) is 0.800. The van der Waals surface area contributed by atoms with Crippen molar-refractivity contribution in [2.24, 2.45) is 0 Å². The molecule has 2 aromatic rings. The Labute approximate surface area is 101 Å². The lowest BCUT2D eigenvalue weighted by atomic mass is 10.00. The van der Waals surface area contributed by atoms with E-state index in [4.69, 9.17) is 4.74 Å². The highest BCUT2D eigenvalue weighted by molar-refractivity contribution is 9.10. The van der Waals surface area contributed by atoms with Crippen LogP contribution in [0.4, 0.5) is 0 Å². The second-order valence-corrected chi connectivity index (χ2v) is 4.70.